The van der Waals surface area contributed by atoms with E-state index < -0.39 is 11.7 Å². The minimum absolute atomic E-state index is 0.0242. The SMILES string of the molecule is NC(=O)c1cc(N)cnc1Oc1cc(F)ccc1Br. The Morgan fingerprint density at radius 3 is 2.79 bits per heavy atom. The third-order valence-corrected chi connectivity index (χ3v) is 2.89. The molecule has 19 heavy (non-hydrogen) atoms. The number of aromatic nitrogens is 1. The standard InChI is InChI=1S/C12H9BrFN3O2/c13-9-2-1-6(14)3-10(9)19-12-8(11(16)18)4-7(15)5-17-12/h1-5H,15H2,(H2,16,18). The fourth-order valence-electron chi connectivity index (χ4n) is 1.39. The van der Waals surface area contributed by atoms with Crippen molar-refractivity contribution in [2.24, 2.45) is 5.73 Å². The van der Waals surface area contributed by atoms with Crippen molar-refractivity contribution in [3.05, 3.63) is 46.3 Å². The lowest BCUT2D eigenvalue weighted by molar-refractivity contribution is 0.0997. The van der Waals surface area contributed by atoms with Crippen molar-refractivity contribution in [2.45, 2.75) is 0 Å². The van der Waals surface area contributed by atoms with Crippen molar-refractivity contribution in [3.8, 4) is 11.6 Å². The van der Waals surface area contributed by atoms with Crippen LogP contribution >= 0.6 is 15.9 Å². The zero-order valence-electron chi connectivity index (χ0n) is 9.56. The van der Waals surface area contributed by atoms with Crippen LogP contribution in [0.1, 0.15) is 10.4 Å². The molecule has 7 heteroatoms. The van der Waals surface area contributed by atoms with E-state index in [1.165, 1.54) is 24.4 Å². The summed E-state index contributed by atoms with van der Waals surface area (Å²) in [6.07, 6.45) is 1.31. The molecular weight excluding hydrogens is 317 g/mol. The molecule has 0 aliphatic carbocycles. The van der Waals surface area contributed by atoms with Crippen molar-refractivity contribution < 1.29 is 13.9 Å². The van der Waals surface area contributed by atoms with Gasteiger partial charge in [-0.05, 0) is 34.1 Å². The number of amides is 1. The van der Waals surface area contributed by atoms with E-state index in [9.17, 15) is 9.18 Å². The van der Waals surface area contributed by atoms with Crippen molar-refractivity contribution in [1.29, 1.82) is 0 Å². The van der Waals surface area contributed by atoms with Crippen LogP contribution in [-0.2, 0) is 0 Å². The molecule has 0 bridgehead atoms. The molecular formula is C12H9BrFN3O2. The molecule has 0 atom stereocenters. The lowest BCUT2D eigenvalue weighted by Crippen LogP contribution is -2.13. The van der Waals surface area contributed by atoms with E-state index >= 15 is 0 Å². The molecule has 98 valence electrons. The lowest BCUT2D eigenvalue weighted by Gasteiger charge is -2.10. The van der Waals surface area contributed by atoms with Gasteiger partial charge in [-0.15, -0.1) is 0 Å². The van der Waals surface area contributed by atoms with Crippen LogP contribution < -0.4 is 16.2 Å². The number of carbonyl (C=O) groups is 1. The molecule has 0 aliphatic heterocycles. The number of hydrogen-bond acceptors (Lipinski definition) is 4. The van der Waals surface area contributed by atoms with Gasteiger partial charge in [0.15, 0.2) is 0 Å². The van der Waals surface area contributed by atoms with E-state index in [4.69, 9.17) is 16.2 Å². The first-order chi connectivity index (χ1) is 8.97. The number of halogens is 2. The van der Waals surface area contributed by atoms with Gasteiger partial charge in [0.25, 0.3) is 5.91 Å². The Hall–Kier alpha value is -2.15. The Labute approximate surface area is 116 Å². The van der Waals surface area contributed by atoms with Crippen LogP contribution in [-0.4, -0.2) is 10.9 Å². The number of benzene rings is 1. The summed E-state index contributed by atoms with van der Waals surface area (Å²) in [4.78, 5) is 15.2. The number of ether oxygens (including phenoxy) is 1. The molecule has 0 fully saturated rings. The van der Waals surface area contributed by atoms with Gasteiger partial charge in [0.2, 0.25) is 5.88 Å². The first kappa shape index (κ1) is 13.3. The second-order valence-corrected chi connectivity index (χ2v) is 4.52. The molecule has 0 unspecified atom stereocenters. The topological polar surface area (TPSA) is 91.2 Å². The number of hydrogen-bond donors (Lipinski definition) is 2. The van der Waals surface area contributed by atoms with E-state index in [0.29, 0.717) is 4.47 Å². The zero-order valence-corrected chi connectivity index (χ0v) is 11.1. The van der Waals surface area contributed by atoms with Crippen LogP contribution in [0.15, 0.2) is 34.9 Å². The Bertz CT molecular complexity index is 649. The summed E-state index contributed by atoms with van der Waals surface area (Å²) in [5.74, 6) is -1.07. The van der Waals surface area contributed by atoms with Gasteiger partial charge in [0, 0.05) is 6.07 Å². The average Bonchev–Trinajstić information content (AvgIpc) is 2.35. The maximum atomic E-state index is 13.1. The normalized spacial score (nSPS) is 10.2. The Kier molecular flexibility index (Phi) is 3.66. The Morgan fingerprint density at radius 1 is 1.37 bits per heavy atom. The van der Waals surface area contributed by atoms with Crippen LogP contribution in [0.4, 0.5) is 10.1 Å². The molecule has 0 radical (unpaired) electrons. The van der Waals surface area contributed by atoms with Gasteiger partial charge in [-0.3, -0.25) is 4.79 Å². The molecule has 5 nitrogen and oxygen atoms in total. The van der Waals surface area contributed by atoms with Crippen molar-refractivity contribution in [2.75, 3.05) is 5.73 Å². The lowest BCUT2D eigenvalue weighted by atomic mass is 10.2. The van der Waals surface area contributed by atoms with E-state index in [-0.39, 0.29) is 22.9 Å². The molecule has 1 amide bonds. The summed E-state index contributed by atoms with van der Waals surface area (Å²) < 4.78 is 19.0. The number of nitrogen functional groups attached to an aromatic ring is 1. The summed E-state index contributed by atoms with van der Waals surface area (Å²) in [5, 5.41) is 0. The first-order valence-corrected chi connectivity index (χ1v) is 5.95. The van der Waals surface area contributed by atoms with Crippen molar-refractivity contribution in [1.82, 2.24) is 4.98 Å². The summed E-state index contributed by atoms with van der Waals surface area (Å²) in [7, 11) is 0. The first-order valence-electron chi connectivity index (χ1n) is 5.15. The Balaban J connectivity index is 2.43. The van der Waals surface area contributed by atoms with E-state index in [1.807, 2.05) is 0 Å². The number of nitrogens with two attached hydrogens (primary N) is 2. The van der Waals surface area contributed by atoms with Gasteiger partial charge >= 0.3 is 0 Å². The summed E-state index contributed by atoms with van der Waals surface area (Å²) >= 11 is 3.20. The van der Waals surface area contributed by atoms with Gasteiger partial charge in [0.05, 0.1) is 16.4 Å². The van der Waals surface area contributed by atoms with Gasteiger partial charge in [-0.25, -0.2) is 9.37 Å². The van der Waals surface area contributed by atoms with Crippen LogP contribution in [0.25, 0.3) is 0 Å². The predicted octanol–water partition coefficient (Wildman–Crippen LogP) is 2.46. The number of carbonyl (C=O) groups excluding carboxylic acids is 1. The number of pyridine rings is 1. The van der Waals surface area contributed by atoms with Crippen LogP contribution in [0, 0.1) is 5.82 Å². The highest BCUT2D eigenvalue weighted by atomic mass is 79.9. The fraction of sp³-hybridized carbons (Fsp3) is 0. The third-order valence-electron chi connectivity index (χ3n) is 2.24. The molecule has 1 aromatic carbocycles. The highest BCUT2D eigenvalue weighted by Crippen LogP contribution is 2.31. The zero-order chi connectivity index (χ0) is 14.0. The predicted molar refractivity (Wildman–Crippen MR) is 71.3 cm³/mol. The minimum atomic E-state index is -0.734. The van der Waals surface area contributed by atoms with E-state index in [2.05, 4.69) is 20.9 Å². The molecule has 1 aromatic heterocycles. The molecule has 0 aliphatic rings. The van der Waals surface area contributed by atoms with Gasteiger partial charge in [-0.1, -0.05) is 0 Å². The molecule has 2 aromatic rings. The summed E-state index contributed by atoms with van der Waals surface area (Å²) in [6.45, 7) is 0. The smallest absolute Gasteiger partial charge is 0.254 e. The highest BCUT2D eigenvalue weighted by molar-refractivity contribution is 9.10. The molecule has 0 spiro atoms. The van der Waals surface area contributed by atoms with Crippen LogP contribution in [0.5, 0.6) is 11.6 Å². The average molecular weight is 326 g/mol. The van der Waals surface area contributed by atoms with Gasteiger partial charge in [-0.2, -0.15) is 0 Å². The monoisotopic (exact) mass is 325 g/mol. The molecule has 2 rings (SSSR count). The second-order valence-electron chi connectivity index (χ2n) is 3.66. The number of anilines is 1. The van der Waals surface area contributed by atoms with Gasteiger partial charge in [0.1, 0.15) is 17.1 Å². The summed E-state index contributed by atoms with van der Waals surface area (Å²) in [6, 6.07) is 5.25. The quantitative estimate of drug-likeness (QED) is 0.906. The largest absolute Gasteiger partial charge is 0.437 e. The van der Waals surface area contributed by atoms with E-state index in [1.54, 1.807) is 0 Å². The highest BCUT2D eigenvalue weighted by Gasteiger charge is 2.14. The fourth-order valence-corrected chi connectivity index (χ4v) is 1.71. The third kappa shape index (κ3) is 3.00. The minimum Gasteiger partial charge on any atom is -0.437 e. The molecule has 4 N–H and O–H groups in total. The van der Waals surface area contributed by atoms with Crippen molar-refractivity contribution >= 4 is 27.5 Å². The maximum Gasteiger partial charge on any atom is 0.254 e. The number of primary amides is 1. The maximum absolute atomic E-state index is 13.1. The van der Waals surface area contributed by atoms with E-state index in [0.717, 1.165) is 6.07 Å². The van der Waals surface area contributed by atoms with Crippen molar-refractivity contribution in [3.63, 3.8) is 0 Å². The van der Waals surface area contributed by atoms with Crippen LogP contribution in [0.3, 0.4) is 0 Å². The molecule has 0 saturated carbocycles. The Morgan fingerprint density at radius 2 is 2.11 bits per heavy atom. The second kappa shape index (κ2) is 5.23. The number of rotatable bonds is 3. The summed E-state index contributed by atoms with van der Waals surface area (Å²) in [5.41, 5.74) is 11.0. The molecule has 0 saturated heterocycles. The molecule has 1 heterocycles. The van der Waals surface area contributed by atoms with Gasteiger partial charge < -0.3 is 16.2 Å². The van der Waals surface area contributed by atoms with Crippen LogP contribution in [0.2, 0.25) is 0 Å². The number of nitrogens with zero attached hydrogens (tertiary/aromatic N) is 1.